The summed E-state index contributed by atoms with van der Waals surface area (Å²) in [6, 6.07) is 0. The summed E-state index contributed by atoms with van der Waals surface area (Å²) in [5.74, 6) is 0.535. The van der Waals surface area contributed by atoms with Gasteiger partial charge in [-0.15, -0.1) is 0 Å². The van der Waals surface area contributed by atoms with Crippen LogP contribution in [0.4, 0.5) is 0 Å². The number of hydrogen-bond acceptors (Lipinski definition) is 5. The average Bonchev–Trinajstić information content (AvgIpc) is 2.72. The Morgan fingerprint density at radius 3 is 2.45 bits per heavy atom. The van der Waals surface area contributed by atoms with Gasteiger partial charge in [0.15, 0.2) is 0 Å². The Hall–Kier alpha value is -1.67. The number of rotatable bonds is 5. The summed E-state index contributed by atoms with van der Waals surface area (Å²) in [5.41, 5.74) is 0. The number of nitrogens with zero attached hydrogens (tertiary/aromatic N) is 3. The van der Waals surface area contributed by atoms with Crippen LogP contribution in [-0.4, -0.2) is 98.5 Å². The first-order valence-electron chi connectivity index (χ1n) is 10.9. The molecule has 2 aliphatic rings. The second kappa shape index (κ2) is 12.1. The number of nitrogens with one attached hydrogen (secondary N) is 1. The van der Waals surface area contributed by atoms with Gasteiger partial charge in [-0.2, -0.15) is 0 Å². The Bertz CT molecular complexity index is 547. The van der Waals surface area contributed by atoms with E-state index in [1.54, 1.807) is 4.90 Å². The van der Waals surface area contributed by atoms with E-state index in [9.17, 15) is 14.4 Å². The van der Waals surface area contributed by atoms with Crippen molar-refractivity contribution >= 4 is 17.7 Å². The molecule has 2 fully saturated rings. The summed E-state index contributed by atoms with van der Waals surface area (Å²) in [7, 11) is 1.49. The van der Waals surface area contributed by atoms with Gasteiger partial charge >= 0.3 is 0 Å². The summed E-state index contributed by atoms with van der Waals surface area (Å²) in [5, 5.41) is 2.90. The van der Waals surface area contributed by atoms with Crippen LogP contribution in [0.5, 0.6) is 0 Å². The number of methoxy groups -OCH3 is 1. The highest BCUT2D eigenvalue weighted by Crippen LogP contribution is 2.18. The van der Waals surface area contributed by atoms with Gasteiger partial charge < -0.3 is 19.9 Å². The zero-order chi connectivity index (χ0) is 21.2. The van der Waals surface area contributed by atoms with Crippen molar-refractivity contribution in [3.05, 3.63) is 0 Å². The lowest BCUT2D eigenvalue weighted by Gasteiger charge is -2.37. The Balaban J connectivity index is 1.92. The normalized spacial score (nSPS) is 22.9. The molecule has 8 nitrogen and oxygen atoms in total. The van der Waals surface area contributed by atoms with Crippen molar-refractivity contribution in [1.82, 2.24) is 20.0 Å². The lowest BCUT2D eigenvalue weighted by atomic mass is 9.97. The highest BCUT2D eigenvalue weighted by Gasteiger charge is 2.28. The molecule has 0 aliphatic carbocycles. The van der Waals surface area contributed by atoms with Crippen molar-refractivity contribution in [2.24, 2.45) is 11.8 Å². The fourth-order valence-corrected chi connectivity index (χ4v) is 4.13. The van der Waals surface area contributed by atoms with Crippen LogP contribution in [-0.2, 0) is 19.1 Å². The maximum absolute atomic E-state index is 13.1. The molecule has 0 bridgehead atoms. The minimum absolute atomic E-state index is 0.0185. The van der Waals surface area contributed by atoms with Gasteiger partial charge in [0.25, 0.3) is 0 Å². The molecule has 2 saturated heterocycles. The molecule has 2 aliphatic heterocycles. The molecule has 1 unspecified atom stereocenters. The predicted octanol–water partition coefficient (Wildman–Crippen LogP) is 0.568. The largest absolute Gasteiger partial charge is 0.375 e. The average molecular weight is 411 g/mol. The number of amides is 3. The molecular formula is C21H38N4O4. The first kappa shape index (κ1) is 23.6. The van der Waals surface area contributed by atoms with Crippen molar-refractivity contribution in [1.29, 1.82) is 0 Å². The summed E-state index contributed by atoms with van der Waals surface area (Å²) >= 11 is 0. The Kier molecular flexibility index (Phi) is 9.87. The lowest BCUT2D eigenvalue weighted by Crippen LogP contribution is -2.51. The van der Waals surface area contributed by atoms with Crippen LogP contribution in [0.25, 0.3) is 0 Å². The molecule has 29 heavy (non-hydrogen) atoms. The molecule has 0 radical (unpaired) electrons. The molecule has 0 saturated carbocycles. The zero-order valence-electron chi connectivity index (χ0n) is 18.3. The zero-order valence-corrected chi connectivity index (χ0v) is 18.3. The molecule has 0 aromatic heterocycles. The van der Waals surface area contributed by atoms with Crippen molar-refractivity contribution in [2.45, 2.75) is 39.5 Å². The van der Waals surface area contributed by atoms with Crippen LogP contribution in [0.3, 0.4) is 0 Å². The van der Waals surface area contributed by atoms with E-state index >= 15 is 0 Å². The van der Waals surface area contributed by atoms with Gasteiger partial charge in [-0.1, -0.05) is 13.8 Å². The van der Waals surface area contributed by atoms with Crippen molar-refractivity contribution in [2.75, 3.05) is 66.1 Å². The van der Waals surface area contributed by atoms with E-state index < -0.39 is 0 Å². The Labute approximate surface area is 174 Å². The van der Waals surface area contributed by atoms with E-state index in [1.807, 2.05) is 4.90 Å². The van der Waals surface area contributed by atoms with Crippen LogP contribution < -0.4 is 5.32 Å². The van der Waals surface area contributed by atoms with Gasteiger partial charge in [0, 0.05) is 71.8 Å². The third kappa shape index (κ3) is 7.93. The predicted molar refractivity (Wildman–Crippen MR) is 111 cm³/mol. The van der Waals surface area contributed by atoms with Gasteiger partial charge in [-0.25, -0.2) is 0 Å². The van der Waals surface area contributed by atoms with E-state index in [2.05, 4.69) is 24.1 Å². The maximum Gasteiger partial charge on any atom is 0.248 e. The minimum atomic E-state index is -0.108. The fourth-order valence-electron chi connectivity index (χ4n) is 4.13. The van der Waals surface area contributed by atoms with Gasteiger partial charge in [0.2, 0.25) is 17.7 Å². The molecule has 1 atom stereocenters. The van der Waals surface area contributed by atoms with E-state index in [-0.39, 0.29) is 36.7 Å². The number of hydrogen-bond donors (Lipinski definition) is 1. The van der Waals surface area contributed by atoms with Gasteiger partial charge in [0.1, 0.15) is 6.61 Å². The first-order chi connectivity index (χ1) is 13.9. The van der Waals surface area contributed by atoms with Gasteiger partial charge in [-0.3, -0.25) is 19.3 Å². The molecule has 2 rings (SSSR count). The second-order valence-electron chi connectivity index (χ2n) is 8.56. The summed E-state index contributed by atoms with van der Waals surface area (Å²) < 4.78 is 4.95. The van der Waals surface area contributed by atoms with Crippen LogP contribution in [0.15, 0.2) is 0 Å². The van der Waals surface area contributed by atoms with Gasteiger partial charge in [0.05, 0.1) is 0 Å². The Morgan fingerprint density at radius 1 is 1.07 bits per heavy atom. The number of ether oxygens (including phenoxy) is 1. The van der Waals surface area contributed by atoms with Crippen LogP contribution in [0.1, 0.15) is 39.5 Å². The fraction of sp³-hybridized carbons (Fsp3) is 0.857. The molecule has 3 amide bonds. The van der Waals surface area contributed by atoms with E-state index in [0.29, 0.717) is 32.0 Å². The van der Waals surface area contributed by atoms with E-state index in [1.165, 1.54) is 7.11 Å². The highest BCUT2D eigenvalue weighted by molar-refractivity contribution is 5.80. The first-order valence-corrected chi connectivity index (χ1v) is 10.9. The van der Waals surface area contributed by atoms with E-state index in [0.717, 1.165) is 45.6 Å². The van der Waals surface area contributed by atoms with Crippen molar-refractivity contribution in [3.8, 4) is 0 Å². The number of carbonyl (C=O) groups excluding carboxylic acids is 3. The third-order valence-corrected chi connectivity index (χ3v) is 5.68. The van der Waals surface area contributed by atoms with Crippen LogP contribution >= 0.6 is 0 Å². The SMILES string of the molecule is COCC(=O)N1CCCC(C(=O)N2CCN(CC(C)C)CC2)CCNC(=O)CC1. The summed E-state index contributed by atoms with van der Waals surface area (Å²) in [6.45, 7) is 10.4. The van der Waals surface area contributed by atoms with Gasteiger partial charge in [-0.05, 0) is 25.2 Å². The topological polar surface area (TPSA) is 82.2 Å². The Morgan fingerprint density at radius 2 is 1.79 bits per heavy atom. The van der Waals surface area contributed by atoms with Crippen LogP contribution in [0.2, 0.25) is 0 Å². The summed E-state index contributed by atoms with van der Waals surface area (Å²) in [4.78, 5) is 43.5. The third-order valence-electron chi connectivity index (χ3n) is 5.68. The molecular weight excluding hydrogens is 372 g/mol. The van der Waals surface area contributed by atoms with E-state index in [4.69, 9.17) is 4.74 Å². The molecule has 2 heterocycles. The minimum Gasteiger partial charge on any atom is -0.375 e. The molecule has 0 aromatic carbocycles. The number of carbonyl (C=O) groups is 3. The molecule has 166 valence electrons. The van der Waals surface area contributed by atoms with Crippen molar-refractivity contribution in [3.63, 3.8) is 0 Å². The highest BCUT2D eigenvalue weighted by atomic mass is 16.5. The quantitative estimate of drug-likeness (QED) is 0.717. The lowest BCUT2D eigenvalue weighted by molar-refractivity contribution is -0.138. The second-order valence-corrected chi connectivity index (χ2v) is 8.56. The van der Waals surface area contributed by atoms with Crippen molar-refractivity contribution < 1.29 is 19.1 Å². The molecule has 1 N–H and O–H groups in total. The number of piperazine rings is 1. The van der Waals surface area contributed by atoms with Crippen LogP contribution in [0, 0.1) is 11.8 Å². The maximum atomic E-state index is 13.1. The smallest absolute Gasteiger partial charge is 0.248 e. The molecule has 0 spiro atoms. The monoisotopic (exact) mass is 410 g/mol. The molecule has 0 aromatic rings. The molecule has 8 heteroatoms. The summed E-state index contributed by atoms with van der Waals surface area (Å²) in [6.07, 6.45) is 2.43. The standard InChI is InChI=1S/C21H38N4O4/c1-17(2)15-23-11-13-25(14-12-23)21(28)18-5-4-9-24(20(27)16-29-3)10-7-19(26)22-8-6-18/h17-18H,4-16H2,1-3H3,(H,22,26).